The van der Waals surface area contributed by atoms with Crippen LogP contribution in [0.15, 0.2) is 92.9 Å². The molecule has 5 rings (SSSR count). The Bertz CT molecular complexity index is 2490. The van der Waals surface area contributed by atoms with Crippen molar-refractivity contribution < 1.29 is 56.5 Å². The van der Waals surface area contributed by atoms with Gasteiger partial charge in [0.1, 0.15) is 5.75 Å². The van der Waals surface area contributed by atoms with Gasteiger partial charge in [0, 0.05) is 41.1 Å². The molecule has 2 aromatic rings. The van der Waals surface area contributed by atoms with Crippen LogP contribution in [0.4, 0.5) is 11.4 Å². The fourth-order valence-electron chi connectivity index (χ4n) is 7.35. The quantitative estimate of drug-likeness (QED) is 0.174. The van der Waals surface area contributed by atoms with Crippen LogP contribution in [-0.2, 0) is 51.3 Å². The summed E-state index contributed by atoms with van der Waals surface area (Å²) >= 11 is 0. The van der Waals surface area contributed by atoms with Crippen molar-refractivity contribution in [1.82, 2.24) is 0 Å². The molecule has 3 aliphatic rings. The van der Waals surface area contributed by atoms with Crippen molar-refractivity contribution in [2.24, 2.45) is 0 Å². The molecule has 0 unspecified atom stereocenters. The molecule has 0 radical (unpaired) electrons. The van der Waals surface area contributed by atoms with Crippen molar-refractivity contribution in [2.45, 2.75) is 74.5 Å². The van der Waals surface area contributed by atoms with Crippen LogP contribution in [0.3, 0.4) is 0 Å². The van der Waals surface area contributed by atoms with Gasteiger partial charge < -0.3 is 4.90 Å². The smallest absolute Gasteiger partial charge is 0.294 e. The van der Waals surface area contributed by atoms with Crippen molar-refractivity contribution >= 4 is 57.6 Å². The summed E-state index contributed by atoms with van der Waals surface area (Å²) in [6.07, 6.45) is 9.74. The third kappa shape index (κ3) is 8.59. The lowest BCUT2D eigenvalue weighted by atomic mass is 9.80. The van der Waals surface area contributed by atoms with E-state index in [2.05, 4.69) is 0 Å². The zero-order valence-electron chi connectivity index (χ0n) is 29.8. The lowest BCUT2D eigenvalue weighted by Crippen LogP contribution is -2.30. The van der Waals surface area contributed by atoms with E-state index in [-0.39, 0.29) is 22.9 Å². The number of hydrogen-bond donors (Lipinski definition) is 4. The minimum Gasteiger partial charge on any atom is -0.343 e. The molecule has 0 fully saturated rings. The van der Waals surface area contributed by atoms with Gasteiger partial charge in [0.15, 0.2) is 12.3 Å². The molecular weight excluding hydrogens is 769 g/mol. The normalized spacial score (nSPS) is 20.6. The molecule has 0 saturated heterocycles. The second-order valence-corrected chi connectivity index (χ2v) is 20.4. The van der Waals surface area contributed by atoms with E-state index in [4.69, 9.17) is 0 Å². The molecule has 2 aliphatic heterocycles. The Kier molecular flexibility index (Phi) is 10.7. The first-order valence-electron chi connectivity index (χ1n) is 16.6. The summed E-state index contributed by atoms with van der Waals surface area (Å²) < 4.78 is 135. The zero-order valence-corrected chi connectivity index (χ0v) is 33.1. The van der Waals surface area contributed by atoms with Gasteiger partial charge in [-0.3, -0.25) is 18.2 Å². The second kappa shape index (κ2) is 14.0. The summed E-state index contributed by atoms with van der Waals surface area (Å²) in [5.41, 5.74) is 4.71. The monoisotopic (exact) mass is 811 g/mol. The van der Waals surface area contributed by atoms with Gasteiger partial charge in [-0.15, -0.1) is 0 Å². The molecule has 0 spiro atoms. The van der Waals surface area contributed by atoms with Crippen molar-refractivity contribution in [3.63, 3.8) is 0 Å². The van der Waals surface area contributed by atoms with E-state index in [1.165, 1.54) is 36.4 Å². The Hall–Kier alpha value is -3.49. The summed E-state index contributed by atoms with van der Waals surface area (Å²) in [5.74, 6) is -1.16. The van der Waals surface area contributed by atoms with Gasteiger partial charge in [-0.1, -0.05) is 26.0 Å². The van der Waals surface area contributed by atoms with Crippen molar-refractivity contribution in [2.75, 3.05) is 29.5 Å². The summed E-state index contributed by atoms with van der Waals surface area (Å²) in [7, 11) is -17.7. The third-order valence-electron chi connectivity index (χ3n) is 10.2. The Labute approximate surface area is 310 Å². The molecule has 2 aromatic carbocycles. The first-order valence-corrected chi connectivity index (χ1v) is 22.7. The summed E-state index contributed by atoms with van der Waals surface area (Å²) in [6, 6.07) is 8.18. The minimum atomic E-state index is -4.52. The van der Waals surface area contributed by atoms with E-state index in [0.717, 1.165) is 23.1 Å². The highest BCUT2D eigenvalue weighted by atomic mass is 32.2. The maximum Gasteiger partial charge on any atom is 0.294 e. The van der Waals surface area contributed by atoms with Gasteiger partial charge in [-0.25, -0.2) is 0 Å². The van der Waals surface area contributed by atoms with Crippen molar-refractivity contribution in [1.29, 1.82) is 0 Å². The van der Waals surface area contributed by atoms with Crippen LogP contribution in [0.2, 0.25) is 0 Å². The fraction of sp³-hybridized carbons (Fsp3) is 0.400. The largest absolute Gasteiger partial charge is 0.343 e. The third-order valence-corrected chi connectivity index (χ3v) is 13.3. The van der Waals surface area contributed by atoms with Crippen LogP contribution in [0, 0.1) is 0 Å². The first-order chi connectivity index (χ1) is 24.2. The number of nitrogens with zero attached hydrogens (tertiary/aromatic N) is 2. The molecule has 0 bridgehead atoms. The molecule has 4 N–H and O–H groups in total. The van der Waals surface area contributed by atoms with Gasteiger partial charge in [0.05, 0.1) is 21.0 Å². The van der Waals surface area contributed by atoms with Crippen LogP contribution in [0.1, 0.15) is 65.0 Å². The van der Waals surface area contributed by atoms with Crippen LogP contribution in [-0.4, -0.2) is 86.8 Å². The fourth-order valence-corrected chi connectivity index (χ4v) is 9.19. The van der Waals surface area contributed by atoms with Crippen LogP contribution in [0.5, 0.6) is 0 Å². The van der Waals surface area contributed by atoms with E-state index in [1.54, 1.807) is 9.48 Å². The van der Waals surface area contributed by atoms with E-state index in [9.17, 15) is 51.9 Å². The number of hydrogen-bond acceptors (Lipinski definition) is 9. The van der Waals surface area contributed by atoms with E-state index < -0.39 is 62.8 Å². The van der Waals surface area contributed by atoms with E-state index in [1.807, 2.05) is 58.9 Å². The molecule has 0 amide bonds. The van der Waals surface area contributed by atoms with E-state index >= 15 is 0 Å². The average molecular weight is 812 g/mol. The van der Waals surface area contributed by atoms with Crippen molar-refractivity contribution in [3.05, 3.63) is 94.2 Å². The molecule has 18 heteroatoms. The SMILES string of the molecule is CC1=C(/C=C/C2=[N+](CCS(=O)(=O)O)c3ccc(S(=O)(=O)O)cc3C2(C)C)CCC/C1=C\C=C1\N(CCS(=O)(=O)O)c2ccc(S(=O)(=O)O)cc2C1(C)C. The lowest BCUT2D eigenvalue weighted by Gasteiger charge is -2.27. The van der Waals surface area contributed by atoms with Gasteiger partial charge in [-0.05, 0) is 98.7 Å². The van der Waals surface area contributed by atoms with Gasteiger partial charge >= 0.3 is 0 Å². The molecule has 0 aromatic heterocycles. The minimum absolute atomic E-state index is 0.116. The Morgan fingerprint density at radius 1 is 0.736 bits per heavy atom. The number of allylic oxidation sites excluding steroid dienone is 8. The number of rotatable bonds is 11. The average Bonchev–Trinajstić information content (AvgIpc) is 3.37. The molecule has 0 saturated carbocycles. The highest BCUT2D eigenvalue weighted by Gasteiger charge is 2.45. The van der Waals surface area contributed by atoms with Crippen LogP contribution < -0.4 is 4.90 Å². The van der Waals surface area contributed by atoms with Crippen molar-refractivity contribution in [3.8, 4) is 0 Å². The second-order valence-electron chi connectivity index (χ2n) is 14.4. The van der Waals surface area contributed by atoms with Crippen LogP contribution in [0.25, 0.3) is 0 Å². The molecule has 14 nitrogen and oxygen atoms in total. The predicted octanol–water partition coefficient (Wildman–Crippen LogP) is 5.00. The lowest BCUT2D eigenvalue weighted by molar-refractivity contribution is -0.432. The van der Waals surface area contributed by atoms with Gasteiger partial charge in [0.2, 0.25) is 5.69 Å². The maximum atomic E-state index is 12.0. The maximum absolute atomic E-state index is 12.0. The molecule has 0 atom stereocenters. The highest BCUT2D eigenvalue weighted by molar-refractivity contribution is 7.86. The number of benzene rings is 2. The Morgan fingerprint density at radius 2 is 1.32 bits per heavy atom. The summed E-state index contributed by atoms with van der Waals surface area (Å²) in [5, 5.41) is 0. The number of fused-ring (bicyclic) bond motifs is 2. The molecule has 2 heterocycles. The van der Waals surface area contributed by atoms with E-state index in [0.29, 0.717) is 46.8 Å². The highest BCUT2D eigenvalue weighted by Crippen LogP contribution is 2.49. The summed E-state index contributed by atoms with van der Waals surface area (Å²) in [6.45, 7) is 9.12. The van der Waals surface area contributed by atoms with Gasteiger partial charge in [-0.2, -0.15) is 38.2 Å². The molecular formula is C35H43N2O12S4+. The summed E-state index contributed by atoms with van der Waals surface area (Å²) in [4.78, 5) is 1.10. The Morgan fingerprint density at radius 3 is 1.91 bits per heavy atom. The molecule has 53 heavy (non-hydrogen) atoms. The topological polar surface area (TPSA) is 224 Å². The number of anilines is 1. The Balaban J connectivity index is 1.56. The predicted molar refractivity (Wildman–Crippen MR) is 200 cm³/mol. The molecule has 288 valence electrons. The van der Waals surface area contributed by atoms with Gasteiger partial charge in [0.25, 0.3) is 40.5 Å². The zero-order chi connectivity index (χ0) is 39.5. The first kappa shape index (κ1) is 40.7. The molecule has 1 aliphatic carbocycles. The van der Waals surface area contributed by atoms with Crippen LogP contribution >= 0.6 is 0 Å². The standard InChI is InChI=1S/C35H42N2O12S4/c1-23-24(9-15-32-34(2,3)28-21-26(52(44,45)46)11-13-30(28)36(32)17-19-50(38,39)40)7-6-8-25(23)10-16-33-35(4,5)29-22-27(53(47,48)49)12-14-31(29)37(33)18-20-51(41,42)43/h9-16,21-22H,6-8,17-20H2,1-5H3,(H3-,38,39,40,41,42,43,44,45,46,47,48,49)/p+1.